The SMILES string of the molecule is Cc1ccc(NC(=O)C(C)Sc2nc3ccccc3n2-c2ccc(N(C)C)cc2)c(Cl)c1. The molecule has 0 spiro atoms. The maximum absolute atomic E-state index is 12.9. The number of para-hydroxylation sites is 2. The molecule has 0 radical (unpaired) electrons. The fraction of sp³-hybridized carbons (Fsp3) is 0.200. The van der Waals surface area contributed by atoms with E-state index in [0.29, 0.717) is 10.7 Å². The number of nitrogens with zero attached hydrogens (tertiary/aromatic N) is 3. The van der Waals surface area contributed by atoms with Crippen molar-refractivity contribution in [1.82, 2.24) is 9.55 Å². The van der Waals surface area contributed by atoms with Crippen LogP contribution in [0.15, 0.2) is 71.9 Å². The lowest BCUT2D eigenvalue weighted by Gasteiger charge is -2.16. The van der Waals surface area contributed by atoms with E-state index in [1.807, 2.05) is 70.4 Å². The summed E-state index contributed by atoms with van der Waals surface area (Å²) in [6.45, 7) is 3.84. The molecule has 3 aromatic carbocycles. The molecule has 1 atom stereocenters. The Kier molecular flexibility index (Phi) is 6.44. The monoisotopic (exact) mass is 464 g/mol. The van der Waals surface area contributed by atoms with Gasteiger partial charge in [0.25, 0.3) is 0 Å². The van der Waals surface area contributed by atoms with Gasteiger partial charge in [0.1, 0.15) is 0 Å². The minimum atomic E-state index is -0.371. The quantitative estimate of drug-likeness (QED) is 0.346. The van der Waals surface area contributed by atoms with Gasteiger partial charge in [0.15, 0.2) is 5.16 Å². The summed E-state index contributed by atoms with van der Waals surface area (Å²) in [4.78, 5) is 19.8. The highest BCUT2D eigenvalue weighted by molar-refractivity contribution is 8.00. The molecule has 7 heteroatoms. The Morgan fingerprint density at radius 2 is 1.81 bits per heavy atom. The molecular formula is C25H25ClN4OS. The summed E-state index contributed by atoms with van der Waals surface area (Å²) in [6, 6.07) is 21.9. The van der Waals surface area contributed by atoms with Crippen molar-refractivity contribution in [2.24, 2.45) is 0 Å². The van der Waals surface area contributed by atoms with Gasteiger partial charge in [-0.2, -0.15) is 0 Å². The van der Waals surface area contributed by atoms with Crippen LogP contribution in [0.5, 0.6) is 0 Å². The second-order valence-electron chi connectivity index (χ2n) is 7.86. The maximum Gasteiger partial charge on any atom is 0.237 e. The van der Waals surface area contributed by atoms with E-state index in [1.165, 1.54) is 11.8 Å². The first-order valence-corrected chi connectivity index (χ1v) is 11.6. The van der Waals surface area contributed by atoms with Gasteiger partial charge >= 0.3 is 0 Å². The molecule has 0 aliphatic heterocycles. The molecule has 4 rings (SSSR count). The van der Waals surface area contributed by atoms with Crippen LogP contribution >= 0.6 is 23.4 Å². The highest BCUT2D eigenvalue weighted by atomic mass is 35.5. The average molecular weight is 465 g/mol. The van der Waals surface area contributed by atoms with Crippen molar-refractivity contribution in [2.45, 2.75) is 24.3 Å². The van der Waals surface area contributed by atoms with Crippen molar-refractivity contribution in [3.8, 4) is 5.69 Å². The predicted molar refractivity (Wildman–Crippen MR) is 136 cm³/mol. The van der Waals surface area contributed by atoms with E-state index in [2.05, 4.69) is 39.0 Å². The smallest absolute Gasteiger partial charge is 0.237 e. The van der Waals surface area contributed by atoms with Crippen LogP contribution in [0, 0.1) is 6.92 Å². The molecule has 1 N–H and O–H groups in total. The number of hydrogen-bond donors (Lipinski definition) is 1. The number of carbonyl (C=O) groups is 1. The molecule has 164 valence electrons. The summed E-state index contributed by atoms with van der Waals surface area (Å²) in [7, 11) is 4.03. The predicted octanol–water partition coefficient (Wildman–Crippen LogP) is 6.17. The number of hydrogen-bond acceptors (Lipinski definition) is 4. The Balaban J connectivity index is 1.63. The lowest BCUT2D eigenvalue weighted by molar-refractivity contribution is -0.115. The standard InChI is InChI=1S/C25H25ClN4OS/c1-16-9-14-21(20(26)15-16)27-24(31)17(2)32-25-28-22-7-5-6-8-23(22)30(25)19-12-10-18(11-13-19)29(3)4/h5-15,17H,1-4H3,(H,27,31). The number of thioether (sulfide) groups is 1. The molecule has 0 fully saturated rings. The maximum atomic E-state index is 12.9. The van der Waals surface area contributed by atoms with Crippen LogP contribution in [-0.2, 0) is 4.79 Å². The number of aryl methyl sites for hydroxylation is 1. The third kappa shape index (κ3) is 4.61. The molecule has 1 unspecified atom stereocenters. The van der Waals surface area contributed by atoms with Gasteiger partial charge in [0.2, 0.25) is 5.91 Å². The Bertz CT molecular complexity index is 1270. The molecular weight excluding hydrogens is 440 g/mol. The first-order valence-electron chi connectivity index (χ1n) is 10.3. The summed E-state index contributed by atoms with van der Waals surface area (Å²) >= 11 is 7.71. The van der Waals surface area contributed by atoms with E-state index >= 15 is 0 Å². The van der Waals surface area contributed by atoms with E-state index < -0.39 is 0 Å². The van der Waals surface area contributed by atoms with Gasteiger partial charge in [-0.15, -0.1) is 0 Å². The van der Waals surface area contributed by atoms with Gasteiger partial charge in [-0.05, 0) is 67.9 Å². The van der Waals surface area contributed by atoms with Gasteiger partial charge in [-0.1, -0.05) is 41.6 Å². The van der Waals surface area contributed by atoms with Crippen LogP contribution in [0.3, 0.4) is 0 Å². The summed E-state index contributed by atoms with van der Waals surface area (Å²) in [5.41, 5.74) is 5.67. The largest absolute Gasteiger partial charge is 0.378 e. The van der Waals surface area contributed by atoms with E-state index in [9.17, 15) is 4.79 Å². The molecule has 5 nitrogen and oxygen atoms in total. The van der Waals surface area contributed by atoms with Gasteiger partial charge in [0.05, 0.1) is 27.0 Å². The van der Waals surface area contributed by atoms with Crippen LogP contribution in [0.25, 0.3) is 16.7 Å². The van der Waals surface area contributed by atoms with Crippen LogP contribution in [0.1, 0.15) is 12.5 Å². The molecule has 4 aromatic rings. The van der Waals surface area contributed by atoms with Crippen LogP contribution in [0.2, 0.25) is 5.02 Å². The van der Waals surface area contributed by atoms with Gasteiger partial charge in [-0.3, -0.25) is 9.36 Å². The number of rotatable bonds is 6. The Hall–Kier alpha value is -2.96. The van der Waals surface area contributed by atoms with Crippen molar-refractivity contribution in [1.29, 1.82) is 0 Å². The molecule has 0 saturated carbocycles. The number of nitrogens with one attached hydrogen (secondary N) is 1. The van der Waals surface area contributed by atoms with E-state index in [-0.39, 0.29) is 11.2 Å². The zero-order valence-corrected chi connectivity index (χ0v) is 20.0. The molecule has 1 amide bonds. The Morgan fingerprint density at radius 3 is 2.50 bits per heavy atom. The number of imidazole rings is 1. The number of carbonyl (C=O) groups excluding carboxylic acids is 1. The molecule has 0 saturated heterocycles. The number of fused-ring (bicyclic) bond motifs is 1. The second-order valence-corrected chi connectivity index (χ2v) is 9.58. The van der Waals surface area contributed by atoms with Crippen molar-refractivity contribution < 1.29 is 4.79 Å². The number of aromatic nitrogens is 2. The van der Waals surface area contributed by atoms with Crippen molar-refractivity contribution in [3.05, 3.63) is 77.3 Å². The summed E-state index contributed by atoms with van der Waals surface area (Å²) in [5.74, 6) is -0.123. The van der Waals surface area contributed by atoms with Gasteiger partial charge < -0.3 is 10.2 Å². The van der Waals surface area contributed by atoms with Crippen LogP contribution < -0.4 is 10.2 Å². The fourth-order valence-electron chi connectivity index (χ4n) is 3.40. The Labute approximate surface area is 197 Å². The normalized spacial score (nSPS) is 12.0. The summed E-state index contributed by atoms with van der Waals surface area (Å²) < 4.78 is 2.10. The lowest BCUT2D eigenvalue weighted by Crippen LogP contribution is -2.23. The first-order chi connectivity index (χ1) is 15.3. The Morgan fingerprint density at radius 1 is 1.09 bits per heavy atom. The van der Waals surface area contributed by atoms with Crippen molar-refractivity contribution in [3.63, 3.8) is 0 Å². The number of benzene rings is 3. The number of amides is 1. The van der Waals surface area contributed by atoms with Gasteiger partial charge in [-0.25, -0.2) is 4.98 Å². The third-order valence-corrected chi connectivity index (χ3v) is 6.55. The van der Waals surface area contributed by atoms with E-state index in [1.54, 1.807) is 0 Å². The second kappa shape index (κ2) is 9.27. The zero-order chi connectivity index (χ0) is 22.8. The van der Waals surface area contributed by atoms with E-state index in [0.717, 1.165) is 33.1 Å². The van der Waals surface area contributed by atoms with Crippen LogP contribution in [-0.4, -0.2) is 34.8 Å². The molecule has 0 aliphatic rings. The topological polar surface area (TPSA) is 50.2 Å². The third-order valence-electron chi connectivity index (χ3n) is 5.19. The zero-order valence-electron chi connectivity index (χ0n) is 18.5. The number of halogens is 1. The molecule has 0 bridgehead atoms. The molecule has 32 heavy (non-hydrogen) atoms. The average Bonchev–Trinajstić information content (AvgIpc) is 3.13. The van der Waals surface area contributed by atoms with Crippen molar-refractivity contribution in [2.75, 3.05) is 24.3 Å². The fourth-order valence-corrected chi connectivity index (χ4v) is 4.62. The van der Waals surface area contributed by atoms with E-state index in [4.69, 9.17) is 16.6 Å². The van der Waals surface area contributed by atoms with Crippen LogP contribution in [0.4, 0.5) is 11.4 Å². The first kappa shape index (κ1) is 22.2. The molecule has 1 heterocycles. The minimum absolute atomic E-state index is 0.123. The highest BCUT2D eigenvalue weighted by Crippen LogP contribution is 2.32. The van der Waals surface area contributed by atoms with Gasteiger partial charge in [0, 0.05) is 25.5 Å². The van der Waals surface area contributed by atoms with Crippen molar-refractivity contribution >= 4 is 51.7 Å². The summed E-state index contributed by atoms with van der Waals surface area (Å²) in [5, 5.41) is 3.86. The molecule has 1 aromatic heterocycles. The number of anilines is 2. The minimum Gasteiger partial charge on any atom is -0.378 e. The lowest BCUT2D eigenvalue weighted by atomic mass is 10.2. The molecule has 0 aliphatic carbocycles. The highest BCUT2D eigenvalue weighted by Gasteiger charge is 2.21. The summed E-state index contributed by atoms with van der Waals surface area (Å²) in [6.07, 6.45) is 0.